The Morgan fingerprint density at radius 2 is 1.35 bits per heavy atom. The molecule has 31 heavy (non-hydrogen) atoms. The second-order valence-electron chi connectivity index (χ2n) is 6.93. The Morgan fingerprint density at radius 3 is 1.90 bits per heavy atom. The Balaban J connectivity index is 1.46. The number of nitrogens with one attached hydrogen (secondary N) is 1. The van der Waals surface area contributed by atoms with E-state index in [4.69, 9.17) is 23.2 Å². The Bertz CT molecular complexity index is 1010. The van der Waals surface area contributed by atoms with E-state index in [1.165, 1.54) is 18.2 Å². The lowest BCUT2D eigenvalue weighted by Crippen LogP contribution is -2.51. The lowest BCUT2D eigenvalue weighted by atomic mass is 10.1. The van der Waals surface area contributed by atoms with Gasteiger partial charge in [0.05, 0.1) is 21.2 Å². The fraction of sp³-hybridized carbons (Fsp3) is 0.286. The number of piperazine rings is 1. The summed E-state index contributed by atoms with van der Waals surface area (Å²) in [5.74, 6) is -2.05. The molecule has 10 heteroatoms. The van der Waals surface area contributed by atoms with Gasteiger partial charge in [0.1, 0.15) is 11.6 Å². The fourth-order valence-corrected chi connectivity index (χ4v) is 3.70. The summed E-state index contributed by atoms with van der Waals surface area (Å²) in [7, 11) is 0. The largest absolute Gasteiger partial charge is 0.351 e. The fourth-order valence-electron chi connectivity index (χ4n) is 3.20. The van der Waals surface area contributed by atoms with Crippen molar-refractivity contribution in [2.45, 2.75) is 6.42 Å². The van der Waals surface area contributed by atoms with Gasteiger partial charge in [-0.1, -0.05) is 23.2 Å². The van der Waals surface area contributed by atoms with Gasteiger partial charge in [0, 0.05) is 39.1 Å². The van der Waals surface area contributed by atoms with E-state index >= 15 is 0 Å². The molecule has 6 nitrogen and oxygen atoms in total. The van der Waals surface area contributed by atoms with Crippen LogP contribution in [0.5, 0.6) is 0 Å². The van der Waals surface area contributed by atoms with E-state index in [0.717, 1.165) is 18.2 Å². The number of amides is 3. The van der Waals surface area contributed by atoms with Crippen LogP contribution in [0, 0.1) is 11.6 Å². The average molecular weight is 470 g/mol. The Hall–Kier alpha value is -2.71. The number of hydrogen-bond donors (Lipinski definition) is 1. The van der Waals surface area contributed by atoms with Crippen LogP contribution in [0.15, 0.2) is 36.4 Å². The molecule has 0 aromatic heterocycles. The van der Waals surface area contributed by atoms with E-state index in [1.54, 1.807) is 9.80 Å². The van der Waals surface area contributed by atoms with Gasteiger partial charge in [-0.3, -0.25) is 14.4 Å². The van der Waals surface area contributed by atoms with Crippen LogP contribution in [-0.2, 0) is 4.79 Å². The van der Waals surface area contributed by atoms with Crippen molar-refractivity contribution in [3.63, 3.8) is 0 Å². The van der Waals surface area contributed by atoms with Crippen LogP contribution in [0.1, 0.15) is 27.1 Å². The van der Waals surface area contributed by atoms with Crippen LogP contribution < -0.4 is 5.32 Å². The third kappa shape index (κ3) is 5.71. The van der Waals surface area contributed by atoms with Gasteiger partial charge >= 0.3 is 0 Å². The highest BCUT2D eigenvalue weighted by Crippen LogP contribution is 2.20. The van der Waals surface area contributed by atoms with E-state index in [1.807, 2.05) is 0 Å². The van der Waals surface area contributed by atoms with Gasteiger partial charge in [-0.25, -0.2) is 8.78 Å². The van der Waals surface area contributed by atoms with Crippen molar-refractivity contribution < 1.29 is 23.2 Å². The number of nitrogens with zero attached hydrogens (tertiary/aromatic N) is 2. The highest BCUT2D eigenvalue weighted by atomic mass is 35.5. The van der Waals surface area contributed by atoms with Crippen molar-refractivity contribution in [2.75, 3.05) is 32.7 Å². The molecule has 1 aliphatic rings. The zero-order chi connectivity index (χ0) is 22.5. The molecule has 2 aromatic rings. The lowest BCUT2D eigenvalue weighted by Gasteiger charge is -2.35. The van der Waals surface area contributed by atoms with Gasteiger partial charge in [-0.15, -0.1) is 0 Å². The molecule has 3 rings (SSSR count). The van der Waals surface area contributed by atoms with Gasteiger partial charge in [-0.05, 0) is 36.4 Å². The first-order valence-electron chi connectivity index (χ1n) is 9.51. The average Bonchev–Trinajstić information content (AvgIpc) is 2.73. The van der Waals surface area contributed by atoms with Crippen LogP contribution in [0.25, 0.3) is 0 Å². The Labute approximate surface area is 187 Å². The summed E-state index contributed by atoms with van der Waals surface area (Å²) in [5.41, 5.74) is 0.340. The van der Waals surface area contributed by atoms with E-state index in [9.17, 15) is 23.2 Å². The highest BCUT2D eigenvalue weighted by Gasteiger charge is 2.26. The molecule has 0 unspecified atom stereocenters. The molecule has 3 amide bonds. The van der Waals surface area contributed by atoms with Crippen LogP contribution in [0.4, 0.5) is 8.78 Å². The van der Waals surface area contributed by atoms with E-state index in [2.05, 4.69) is 5.32 Å². The molecule has 1 aliphatic heterocycles. The quantitative estimate of drug-likeness (QED) is 0.729. The maximum atomic E-state index is 13.2. The first-order valence-corrected chi connectivity index (χ1v) is 10.3. The van der Waals surface area contributed by atoms with Crippen LogP contribution in [0.3, 0.4) is 0 Å². The van der Waals surface area contributed by atoms with Crippen molar-refractivity contribution in [3.05, 3.63) is 69.2 Å². The van der Waals surface area contributed by atoms with Crippen molar-refractivity contribution >= 4 is 40.9 Å². The Morgan fingerprint density at radius 1 is 0.839 bits per heavy atom. The van der Waals surface area contributed by atoms with Crippen molar-refractivity contribution in [1.82, 2.24) is 15.1 Å². The van der Waals surface area contributed by atoms with E-state index in [0.29, 0.717) is 26.2 Å². The van der Waals surface area contributed by atoms with Gasteiger partial charge in [0.15, 0.2) is 0 Å². The van der Waals surface area contributed by atoms with Gasteiger partial charge in [-0.2, -0.15) is 0 Å². The molecule has 0 radical (unpaired) electrons. The molecule has 1 heterocycles. The standard InChI is InChI=1S/C21H19Cl2F2N3O3/c22-17-11-13(24)1-3-15(17)20(30)26-6-5-19(29)27-7-9-28(10-8-27)21(31)16-4-2-14(25)12-18(16)23/h1-4,11-12H,5-10H2,(H,26,30). The molecular formula is C21H19Cl2F2N3O3. The number of carbonyl (C=O) groups excluding carboxylic acids is 3. The second kappa shape index (κ2) is 10.1. The molecule has 0 spiro atoms. The minimum absolute atomic E-state index is 0.00845. The third-order valence-electron chi connectivity index (χ3n) is 4.88. The molecular weight excluding hydrogens is 451 g/mol. The lowest BCUT2D eigenvalue weighted by molar-refractivity contribution is -0.132. The third-order valence-corrected chi connectivity index (χ3v) is 5.51. The summed E-state index contributed by atoms with van der Waals surface area (Å²) < 4.78 is 26.2. The summed E-state index contributed by atoms with van der Waals surface area (Å²) in [4.78, 5) is 40.2. The number of hydrogen-bond acceptors (Lipinski definition) is 3. The van der Waals surface area contributed by atoms with Gasteiger partial charge in [0.25, 0.3) is 11.8 Å². The predicted octanol–water partition coefficient (Wildman–Crippen LogP) is 3.38. The number of halogens is 4. The number of carbonyl (C=O) groups is 3. The predicted molar refractivity (Wildman–Crippen MR) is 112 cm³/mol. The van der Waals surface area contributed by atoms with Crippen molar-refractivity contribution in [2.24, 2.45) is 0 Å². The summed E-state index contributed by atoms with van der Waals surface area (Å²) in [6.45, 7) is 1.39. The number of benzene rings is 2. The van der Waals surface area contributed by atoms with Crippen molar-refractivity contribution in [3.8, 4) is 0 Å². The molecule has 1 N–H and O–H groups in total. The highest BCUT2D eigenvalue weighted by molar-refractivity contribution is 6.34. The second-order valence-corrected chi connectivity index (χ2v) is 7.74. The molecule has 0 saturated carbocycles. The van der Waals surface area contributed by atoms with Gasteiger partial charge < -0.3 is 15.1 Å². The maximum absolute atomic E-state index is 13.2. The summed E-state index contributed by atoms with van der Waals surface area (Å²) in [6.07, 6.45) is 0.0717. The Kier molecular flexibility index (Phi) is 7.46. The monoisotopic (exact) mass is 469 g/mol. The summed E-state index contributed by atoms with van der Waals surface area (Å²) in [5, 5.41) is 2.62. The zero-order valence-electron chi connectivity index (χ0n) is 16.3. The molecule has 0 atom stereocenters. The minimum Gasteiger partial charge on any atom is -0.351 e. The smallest absolute Gasteiger partial charge is 0.255 e. The van der Waals surface area contributed by atoms with Crippen LogP contribution in [0.2, 0.25) is 10.0 Å². The minimum atomic E-state index is -0.545. The maximum Gasteiger partial charge on any atom is 0.255 e. The van der Waals surface area contributed by atoms with E-state index < -0.39 is 17.5 Å². The summed E-state index contributed by atoms with van der Waals surface area (Å²) >= 11 is 11.8. The normalized spacial score (nSPS) is 13.8. The molecule has 1 saturated heterocycles. The first-order chi connectivity index (χ1) is 14.8. The number of rotatable bonds is 5. The molecule has 0 aliphatic carbocycles. The van der Waals surface area contributed by atoms with Gasteiger partial charge in [0.2, 0.25) is 5.91 Å². The molecule has 1 fully saturated rings. The van der Waals surface area contributed by atoms with Crippen molar-refractivity contribution in [1.29, 1.82) is 0 Å². The molecule has 164 valence electrons. The molecule has 2 aromatic carbocycles. The summed E-state index contributed by atoms with van der Waals surface area (Å²) in [6, 6.07) is 7.05. The first kappa shape index (κ1) is 23.0. The zero-order valence-corrected chi connectivity index (χ0v) is 17.8. The SMILES string of the molecule is O=C(NCCC(=O)N1CCN(C(=O)c2ccc(F)cc2Cl)CC1)c1ccc(F)cc1Cl. The van der Waals surface area contributed by atoms with E-state index in [-0.39, 0.29) is 46.0 Å². The van der Waals surface area contributed by atoms with Crippen LogP contribution >= 0.6 is 23.2 Å². The van der Waals surface area contributed by atoms with Crippen LogP contribution in [-0.4, -0.2) is 60.2 Å². The molecule has 0 bridgehead atoms. The topological polar surface area (TPSA) is 69.7 Å².